The lowest BCUT2D eigenvalue weighted by Gasteiger charge is -2.46. The van der Waals surface area contributed by atoms with Gasteiger partial charge in [0.1, 0.15) is 0 Å². The third kappa shape index (κ3) is 3.94. The van der Waals surface area contributed by atoms with Crippen molar-refractivity contribution in [2.75, 3.05) is 32.8 Å². The minimum absolute atomic E-state index is 0.167. The molecule has 4 heterocycles. The number of carbonyl (C=O) groups is 1. The van der Waals surface area contributed by atoms with E-state index in [1.807, 2.05) is 12.1 Å². The van der Waals surface area contributed by atoms with Crippen LogP contribution in [0.2, 0.25) is 0 Å². The molecule has 1 amide bonds. The summed E-state index contributed by atoms with van der Waals surface area (Å²) >= 11 is 0. The van der Waals surface area contributed by atoms with Gasteiger partial charge in [0, 0.05) is 50.8 Å². The van der Waals surface area contributed by atoms with Gasteiger partial charge in [0.25, 0.3) is 5.91 Å². The van der Waals surface area contributed by atoms with Gasteiger partial charge in [0.2, 0.25) is 0 Å². The van der Waals surface area contributed by atoms with E-state index in [9.17, 15) is 4.79 Å². The number of carbonyl (C=O) groups excluding carboxylic acids is 1. The number of hydrogen-bond acceptors (Lipinski definition) is 4. The Hall–Kier alpha value is -1.46. The van der Waals surface area contributed by atoms with Gasteiger partial charge in [0.05, 0.1) is 5.56 Å². The molecule has 4 rings (SSSR count). The summed E-state index contributed by atoms with van der Waals surface area (Å²) in [5, 5.41) is 0. The van der Waals surface area contributed by atoms with Gasteiger partial charge in [-0.3, -0.25) is 14.7 Å². The lowest BCUT2D eigenvalue weighted by atomic mass is 9.90. The number of pyridine rings is 1. The molecular formula is C21H31N3O2. The maximum Gasteiger partial charge on any atom is 0.255 e. The molecule has 1 aromatic heterocycles. The van der Waals surface area contributed by atoms with Crippen molar-refractivity contribution in [1.82, 2.24) is 14.8 Å². The summed E-state index contributed by atoms with van der Waals surface area (Å²) in [7, 11) is 0. The number of hydrogen-bond donors (Lipinski definition) is 0. The molecule has 0 aromatic carbocycles. The summed E-state index contributed by atoms with van der Waals surface area (Å²) in [6.07, 6.45) is 11.8. The summed E-state index contributed by atoms with van der Waals surface area (Å²) in [5.41, 5.74) is 0.730. The Labute approximate surface area is 156 Å². The topological polar surface area (TPSA) is 45.7 Å². The van der Waals surface area contributed by atoms with Gasteiger partial charge in [0.15, 0.2) is 0 Å². The quantitative estimate of drug-likeness (QED) is 0.834. The minimum atomic E-state index is 0.167. The zero-order valence-electron chi connectivity index (χ0n) is 15.7. The van der Waals surface area contributed by atoms with Gasteiger partial charge in [-0.1, -0.05) is 6.42 Å². The van der Waals surface area contributed by atoms with Crippen LogP contribution < -0.4 is 0 Å². The highest BCUT2D eigenvalue weighted by Crippen LogP contribution is 2.32. The van der Waals surface area contributed by atoms with Gasteiger partial charge < -0.3 is 9.64 Å². The van der Waals surface area contributed by atoms with Crippen LogP contribution in [-0.2, 0) is 4.74 Å². The Bertz CT molecular complexity index is 588. The zero-order chi connectivity index (χ0) is 17.8. The minimum Gasteiger partial charge on any atom is -0.381 e. The maximum absolute atomic E-state index is 13.1. The van der Waals surface area contributed by atoms with Crippen molar-refractivity contribution in [3.63, 3.8) is 0 Å². The maximum atomic E-state index is 13.1. The highest BCUT2D eigenvalue weighted by Gasteiger charge is 2.39. The van der Waals surface area contributed by atoms with Crippen LogP contribution in [0.1, 0.15) is 55.3 Å². The number of piperidine rings is 1. The van der Waals surface area contributed by atoms with E-state index in [0.29, 0.717) is 12.1 Å². The zero-order valence-corrected chi connectivity index (χ0v) is 15.7. The molecule has 0 bridgehead atoms. The fourth-order valence-electron chi connectivity index (χ4n) is 5.04. The molecule has 5 nitrogen and oxygen atoms in total. The van der Waals surface area contributed by atoms with Gasteiger partial charge >= 0.3 is 0 Å². The highest BCUT2D eigenvalue weighted by molar-refractivity contribution is 5.94. The fraction of sp³-hybridized carbons (Fsp3) is 0.714. The number of amides is 1. The van der Waals surface area contributed by atoms with Crippen molar-refractivity contribution in [2.24, 2.45) is 5.92 Å². The molecule has 3 fully saturated rings. The number of rotatable bonds is 3. The summed E-state index contributed by atoms with van der Waals surface area (Å²) < 4.78 is 5.54. The van der Waals surface area contributed by atoms with Crippen LogP contribution >= 0.6 is 0 Å². The van der Waals surface area contributed by atoms with Crippen molar-refractivity contribution in [3.8, 4) is 0 Å². The van der Waals surface area contributed by atoms with Crippen LogP contribution in [0.5, 0.6) is 0 Å². The van der Waals surface area contributed by atoms with Crippen molar-refractivity contribution in [3.05, 3.63) is 30.1 Å². The van der Waals surface area contributed by atoms with Gasteiger partial charge in [-0.2, -0.15) is 0 Å². The Morgan fingerprint density at radius 3 is 2.73 bits per heavy atom. The molecule has 3 aliphatic rings. The molecule has 0 spiro atoms. The molecule has 0 radical (unpaired) electrons. The normalized spacial score (nSPS) is 28.4. The van der Waals surface area contributed by atoms with Crippen molar-refractivity contribution < 1.29 is 9.53 Å². The second-order valence-corrected chi connectivity index (χ2v) is 8.06. The standard InChI is InChI=1S/C21H31N3O2/c25-21(18-5-3-10-22-15-18)24-12-4-7-19-20(24)6-1-2-11-23(19)16-17-8-13-26-14-9-17/h3,5,10,15,17,19-20H,1-2,4,6-9,11-14,16H2/t19-,20-/m1/s1. The molecule has 3 aliphatic heterocycles. The Kier molecular flexibility index (Phi) is 5.85. The van der Waals surface area contributed by atoms with E-state index in [2.05, 4.69) is 14.8 Å². The first-order valence-corrected chi connectivity index (χ1v) is 10.4. The summed E-state index contributed by atoms with van der Waals surface area (Å²) in [4.78, 5) is 22.1. The van der Waals surface area contributed by atoms with Crippen LogP contribution in [-0.4, -0.2) is 65.6 Å². The molecular weight excluding hydrogens is 326 g/mol. The van der Waals surface area contributed by atoms with E-state index >= 15 is 0 Å². The average molecular weight is 357 g/mol. The Morgan fingerprint density at radius 2 is 1.92 bits per heavy atom. The first-order chi connectivity index (χ1) is 12.8. The second-order valence-electron chi connectivity index (χ2n) is 8.06. The predicted molar refractivity (Wildman–Crippen MR) is 101 cm³/mol. The number of fused-ring (bicyclic) bond motifs is 1. The van der Waals surface area contributed by atoms with Gasteiger partial charge in [-0.15, -0.1) is 0 Å². The van der Waals surface area contributed by atoms with Gasteiger partial charge in [-0.05, 0) is 63.1 Å². The van der Waals surface area contributed by atoms with Crippen LogP contribution in [0, 0.1) is 5.92 Å². The van der Waals surface area contributed by atoms with E-state index in [4.69, 9.17) is 4.74 Å². The van der Waals surface area contributed by atoms with Crippen LogP contribution in [0.15, 0.2) is 24.5 Å². The first-order valence-electron chi connectivity index (χ1n) is 10.4. The highest BCUT2D eigenvalue weighted by atomic mass is 16.5. The third-order valence-electron chi connectivity index (χ3n) is 6.41. The SMILES string of the molecule is O=C(c1cccnc1)N1CCC[C@@H]2[C@H]1CCCCN2CC1CCOCC1. The fourth-order valence-corrected chi connectivity index (χ4v) is 5.04. The van der Waals surface area contributed by atoms with Crippen LogP contribution in [0.3, 0.4) is 0 Å². The molecule has 0 unspecified atom stereocenters. The number of aromatic nitrogens is 1. The molecule has 0 saturated carbocycles. The number of nitrogens with zero attached hydrogens (tertiary/aromatic N) is 3. The van der Waals surface area contributed by atoms with E-state index in [1.54, 1.807) is 12.4 Å². The van der Waals surface area contributed by atoms with E-state index in [0.717, 1.165) is 44.1 Å². The average Bonchev–Trinajstić information content (AvgIpc) is 2.91. The lowest BCUT2D eigenvalue weighted by Crippen LogP contribution is -2.57. The smallest absolute Gasteiger partial charge is 0.255 e. The van der Waals surface area contributed by atoms with Crippen molar-refractivity contribution >= 4 is 5.91 Å². The largest absolute Gasteiger partial charge is 0.381 e. The molecule has 3 saturated heterocycles. The van der Waals surface area contributed by atoms with Gasteiger partial charge in [-0.25, -0.2) is 0 Å². The Balaban J connectivity index is 1.49. The monoisotopic (exact) mass is 357 g/mol. The summed E-state index contributed by atoms with van der Waals surface area (Å²) in [5.74, 6) is 0.924. The number of likely N-dealkylation sites (tertiary alicyclic amines) is 2. The number of ether oxygens (including phenoxy) is 1. The summed E-state index contributed by atoms with van der Waals surface area (Å²) in [6.45, 7) is 5.09. The third-order valence-corrected chi connectivity index (χ3v) is 6.41. The molecule has 26 heavy (non-hydrogen) atoms. The van der Waals surface area contributed by atoms with Crippen molar-refractivity contribution in [2.45, 2.75) is 57.0 Å². The van der Waals surface area contributed by atoms with E-state index in [1.165, 1.54) is 45.2 Å². The second kappa shape index (κ2) is 8.49. The molecule has 1 aromatic rings. The molecule has 0 aliphatic carbocycles. The Morgan fingerprint density at radius 1 is 1.08 bits per heavy atom. The lowest BCUT2D eigenvalue weighted by molar-refractivity contribution is 0.0147. The molecule has 142 valence electrons. The predicted octanol–water partition coefficient (Wildman–Crippen LogP) is 2.97. The van der Waals surface area contributed by atoms with E-state index < -0.39 is 0 Å². The molecule has 2 atom stereocenters. The van der Waals surface area contributed by atoms with E-state index in [-0.39, 0.29) is 5.91 Å². The van der Waals surface area contributed by atoms with Crippen LogP contribution in [0.4, 0.5) is 0 Å². The van der Waals surface area contributed by atoms with Crippen LogP contribution in [0.25, 0.3) is 0 Å². The first kappa shape index (κ1) is 17.9. The molecule has 0 N–H and O–H groups in total. The molecule has 5 heteroatoms. The summed E-state index contributed by atoms with van der Waals surface area (Å²) in [6, 6.07) is 4.64. The van der Waals surface area contributed by atoms with Crippen molar-refractivity contribution in [1.29, 1.82) is 0 Å².